The van der Waals surface area contributed by atoms with Crippen LogP contribution in [0.5, 0.6) is 5.75 Å². The van der Waals surface area contributed by atoms with Crippen molar-refractivity contribution in [2.45, 2.75) is 0 Å². The van der Waals surface area contributed by atoms with Gasteiger partial charge in [0.2, 0.25) is 5.91 Å². The summed E-state index contributed by atoms with van der Waals surface area (Å²) in [6.45, 7) is 5.02. The molecule has 0 aliphatic carbocycles. The highest BCUT2D eigenvalue weighted by Crippen LogP contribution is 2.16. The summed E-state index contributed by atoms with van der Waals surface area (Å²) in [4.78, 5) is 16.0. The van der Waals surface area contributed by atoms with Crippen LogP contribution in [-0.4, -0.2) is 68.6 Å². The molecule has 1 heterocycles. The largest absolute Gasteiger partial charge is 0.492 e. The van der Waals surface area contributed by atoms with Gasteiger partial charge in [0.15, 0.2) is 0 Å². The minimum atomic E-state index is 0. The fourth-order valence-corrected chi connectivity index (χ4v) is 2.38. The summed E-state index contributed by atoms with van der Waals surface area (Å²) < 4.78 is 5.62. The number of hydrogen-bond acceptors (Lipinski definition) is 4. The summed E-state index contributed by atoms with van der Waals surface area (Å²) in [5.74, 6) is 0.936. The number of ether oxygens (including phenoxy) is 1. The fraction of sp³-hybridized carbons (Fsp3) is 0.533. The zero-order chi connectivity index (χ0) is 15.1. The average Bonchev–Trinajstić information content (AvgIpc) is 2.48. The van der Waals surface area contributed by atoms with E-state index in [9.17, 15) is 4.79 Å². The number of rotatable bonds is 6. The van der Waals surface area contributed by atoms with E-state index in [1.54, 1.807) is 6.07 Å². The molecular weight excluding hydrogens is 325 g/mol. The van der Waals surface area contributed by atoms with Crippen LogP contribution in [0.4, 0.5) is 0 Å². The molecule has 124 valence electrons. The standard InChI is InChI=1S/C15H22ClN3O2.ClH/c1-18(12-15(20)19-7-5-17-6-8-19)9-10-21-14-4-2-3-13(16)11-14;/h2-4,11,17H,5-10,12H2,1H3;1H. The monoisotopic (exact) mass is 347 g/mol. The number of halogens is 2. The van der Waals surface area contributed by atoms with E-state index in [0.29, 0.717) is 24.7 Å². The smallest absolute Gasteiger partial charge is 0.236 e. The molecule has 22 heavy (non-hydrogen) atoms. The lowest BCUT2D eigenvalue weighted by atomic mass is 10.3. The van der Waals surface area contributed by atoms with Crippen molar-refractivity contribution in [1.82, 2.24) is 15.1 Å². The molecule has 1 aromatic rings. The van der Waals surface area contributed by atoms with Gasteiger partial charge in [0.05, 0.1) is 6.54 Å². The Hall–Kier alpha value is -1.01. The Balaban J connectivity index is 0.00000242. The normalized spacial score (nSPS) is 14.6. The molecule has 7 heteroatoms. The minimum Gasteiger partial charge on any atom is -0.492 e. The van der Waals surface area contributed by atoms with E-state index in [2.05, 4.69) is 5.32 Å². The van der Waals surface area contributed by atoms with Crippen LogP contribution in [0.1, 0.15) is 0 Å². The van der Waals surface area contributed by atoms with Crippen molar-refractivity contribution in [3.8, 4) is 5.75 Å². The first-order chi connectivity index (χ1) is 10.1. The van der Waals surface area contributed by atoms with E-state index in [0.717, 1.165) is 31.9 Å². The van der Waals surface area contributed by atoms with E-state index in [-0.39, 0.29) is 18.3 Å². The molecule has 0 saturated carbocycles. The number of piperazine rings is 1. The Morgan fingerprint density at radius 1 is 1.41 bits per heavy atom. The lowest BCUT2D eigenvalue weighted by Crippen LogP contribution is -2.49. The van der Waals surface area contributed by atoms with Gasteiger partial charge in [-0.05, 0) is 25.2 Å². The second-order valence-corrected chi connectivity index (χ2v) is 5.61. The van der Waals surface area contributed by atoms with Crippen LogP contribution in [0.25, 0.3) is 0 Å². The molecular formula is C15H23Cl2N3O2. The van der Waals surface area contributed by atoms with Crippen molar-refractivity contribution in [1.29, 1.82) is 0 Å². The summed E-state index contributed by atoms with van der Waals surface area (Å²) in [6.07, 6.45) is 0. The highest BCUT2D eigenvalue weighted by molar-refractivity contribution is 6.30. The average molecular weight is 348 g/mol. The number of nitrogens with one attached hydrogen (secondary N) is 1. The summed E-state index contributed by atoms with van der Waals surface area (Å²) in [5, 5.41) is 3.90. The van der Waals surface area contributed by atoms with Gasteiger partial charge in [-0.3, -0.25) is 9.69 Å². The second kappa shape index (κ2) is 9.90. The predicted octanol–water partition coefficient (Wildman–Crippen LogP) is 1.50. The molecule has 0 bridgehead atoms. The van der Waals surface area contributed by atoms with Gasteiger partial charge in [0, 0.05) is 37.7 Å². The maximum atomic E-state index is 12.1. The van der Waals surface area contributed by atoms with E-state index in [1.807, 2.05) is 35.0 Å². The first kappa shape index (κ1) is 19.0. The summed E-state index contributed by atoms with van der Waals surface area (Å²) >= 11 is 5.90. The Kier molecular flexibility index (Phi) is 8.56. The van der Waals surface area contributed by atoms with E-state index in [4.69, 9.17) is 16.3 Å². The van der Waals surface area contributed by atoms with Crippen molar-refractivity contribution in [2.24, 2.45) is 0 Å². The highest BCUT2D eigenvalue weighted by Gasteiger charge is 2.17. The first-order valence-corrected chi connectivity index (χ1v) is 7.58. The van der Waals surface area contributed by atoms with Crippen molar-refractivity contribution >= 4 is 29.9 Å². The number of nitrogens with zero attached hydrogens (tertiary/aromatic N) is 2. The van der Waals surface area contributed by atoms with Gasteiger partial charge in [0.1, 0.15) is 12.4 Å². The molecule has 1 amide bonds. The number of likely N-dealkylation sites (N-methyl/N-ethyl adjacent to an activating group) is 1. The predicted molar refractivity (Wildman–Crippen MR) is 91.1 cm³/mol. The zero-order valence-electron chi connectivity index (χ0n) is 12.8. The Labute approximate surface area is 143 Å². The van der Waals surface area contributed by atoms with Gasteiger partial charge in [-0.25, -0.2) is 0 Å². The molecule has 1 aliphatic heterocycles. The topological polar surface area (TPSA) is 44.8 Å². The number of carbonyl (C=O) groups is 1. The van der Waals surface area contributed by atoms with Crippen molar-refractivity contribution in [2.75, 3.05) is 52.9 Å². The summed E-state index contributed by atoms with van der Waals surface area (Å²) in [5.41, 5.74) is 0. The zero-order valence-corrected chi connectivity index (χ0v) is 14.3. The van der Waals surface area contributed by atoms with Crippen molar-refractivity contribution in [3.63, 3.8) is 0 Å². The molecule has 0 unspecified atom stereocenters. The van der Waals surface area contributed by atoms with Crippen LogP contribution in [-0.2, 0) is 4.79 Å². The van der Waals surface area contributed by atoms with Crippen LogP contribution < -0.4 is 10.1 Å². The molecule has 0 radical (unpaired) electrons. The maximum absolute atomic E-state index is 12.1. The number of hydrogen-bond donors (Lipinski definition) is 1. The Bertz CT molecular complexity index is 468. The van der Waals surface area contributed by atoms with Crippen LogP contribution in [0.2, 0.25) is 5.02 Å². The molecule has 1 aromatic carbocycles. The number of amides is 1. The van der Waals surface area contributed by atoms with Gasteiger partial charge < -0.3 is 15.0 Å². The summed E-state index contributed by atoms with van der Waals surface area (Å²) in [6, 6.07) is 7.33. The Morgan fingerprint density at radius 3 is 2.82 bits per heavy atom. The number of benzene rings is 1. The molecule has 1 N–H and O–H groups in total. The Morgan fingerprint density at radius 2 is 2.14 bits per heavy atom. The SMILES string of the molecule is CN(CCOc1cccc(Cl)c1)CC(=O)N1CCNCC1.Cl. The molecule has 0 aromatic heterocycles. The lowest BCUT2D eigenvalue weighted by Gasteiger charge is -2.29. The van der Waals surface area contributed by atoms with E-state index >= 15 is 0 Å². The van der Waals surface area contributed by atoms with Gasteiger partial charge in [-0.15, -0.1) is 12.4 Å². The van der Waals surface area contributed by atoms with Gasteiger partial charge in [-0.1, -0.05) is 17.7 Å². The number of carbonyl (C=O) groups excluding carboxylic acids is 1. The molecule has 1 saturated heterocycles. The van der Waals surface area contributed by atoms with Gasteiger partial charge in [0.25, 0.3) is 0 Å². The molecule has 5 nitrogen and oxygen atoms in total. The molecule has 0 atom stereocenters. The quantitative estimate of drug-likeness (QED) is 0.847. The minimum absolute atomic E-state index is 0. The van der Waals surface area contributed by atoms with Crippen LogP contribution in [0, 0.1) is 0 Å². The molecule has 1 fully saturated rings. The van der Waals surface area contributed by atoms with Crippen molar-refractivity contribution in [3.05, 3.63) is 29.3 Å². The highest BCUT2D eigenvalue weighted by atomic mass is 35.5. The van der Waals surface area contributed by atoms with Crippen LogP contribution in [0.3, 0.4) is 0 Å². The molecule has 1 aliphatic rings. The fourth-order valence-electron chi connectivity index (χ4n) is 2.20. The van der Waals surface area contributed by atoms with Crippen LogP contribution in [0.15, 0.2) is 24.3 Å². The maximum Gasteiger partial charge on any atom is 0.236 e. The van der Waals surface area contributed by atoms with Gasteiger partial charge >= 0.3 is 0 Å². The summed E-state index contributed by atoms with van der Waals surface area (Å²) in [7, 11) is 1.93. The molecule has 0 spiro atoms. The third-order valence-electron chi connectivity index (χ3n) is 3.41. The van der Waals surface area contributed by atoms with Crippen molar-refractivity contribution < 1.29 is 9.53 Å². The third-order valence-corrected chi connectivity index (χ3v) is 3.65. The van der Waals surface area contributed by atoms with E-state index < -0.39 is 0 Å². The third kappa shape index (κ3) is 6.40. The van der Waals surface area contributed by atoms with Gasteiger partial charge in [-0.2, -0.15) is 0 Å². The van der Waals surface area contributed by atoms with E-state index in [1.165, 1.54) is 0 Å². The molecule has 2 rings (SSSR count). The first-order valence-electron chi connectivity index (χ1n) is 7.20. The second-order valence-electron chi connectivity index (χ2n) is 5.17. The lowest BCUT2D eigenvalue weighted by molar-refractivity contribution is -0.132. The van der Waals surface area contributed by atoms with Crippen LogP contribution >= 0.6 is 24.0 Å².